The highest BCUT2D eigenvalue weighted by molar-refractivity contribution is 4.95. The molecule has 2 aliphatic rings. The van der Waals surface area contributed by atoms with Crippen LogP contribution >= 0.6 is 0 Å². The quantitative estimate of drug-likeness (QED) is 0.720. The molecule has 0 aliphatic carbocycles. The molecule has 0 amide bonds. The van der Waals surface area contributed by atoms with Crippen molar-refractivity contribution in [2.45, 2.75) is 31.9 Å². The van der Waals surface area contributed by atoms with Gasteiger partial charge in [0.25, 0.3) is 0 Å². The fraction of sp³-hybridized carbons (Fsp3) is 1.00. The Bertz CT molecular complexity index is 180. The summed E-state index contributed by atoms with van der Waals surface area (Å²) in [5.74, 6) is 0.957. The van der Waals surface area contributed by atoms with E-state index in [2.05, 4.69) is 17.1 Å². The molecule has 0 saturated carbocycles. The number of rotatable bonds is 4. The van der Waals surface area contributed by atoms with Crippen LogP contribution in [0.25, 0.3) is 0 Å². The second kappa shape index (κ2) is 4.60. The number of methoxy groups -OCH3 is 1. The molecule has 0 aromatic rings. The second-order valence-corrected chi connectivity index (χ2v) is 4.61. The number of hydrogen-bond acceptors (Lipinski definition) is 3. The van der Waals surface area contributed by atoms with Crippen molar-refractivity contribution in [2.24, 2.45) is 5.92 Å². The summed E-state index contributed by atoms with van der Waals surface area (Å²) < 4.78 is 5.47. The smallest absolute Gasteiger partial charge is 0.0862 e. The highest BCUT2D eigenvalue weighted by Gasteiger charge is 2.38. The van der Waals surface area contributed by atoms with Crippen molar-refractivity contribution in [2.75, 3.05) is 33.3 Å². The molecule has 14 heavy (non-hydrogen) atoms. The van der Waals surface area contributed by atoms with Crippen LogP contribution in [0.3, 0.4) is 0 Å². The van der Waals surface area contributed by atoms with E-state index in [0.717, 1.165) is 19.0 Å². The van der Waals surface area contributed by atoms with Crippen molar-refractivity contribution in [3.63, 3.8) is 0 Å². The zero-order chi connectivity index (χ0) is 9.97. The molecule has 0 radical (unpaired) electrons. The average molecular weight is 198 g/mol. The highest BCUT2D eigenvalue weighted by atomic mass is 16.5. The molecule has 0 aromatic carbocycles. The molecule has 1 unspecified atom stereocenters. The van der Waals surface area contributed by atoms with Crippen molar-refractivity contribution in [1.29, 1.82) is 0 Å². The van der Waals surface area contributed by atoms with Gasteiger partial charge < -0.3 is 10.1 Å². The van der Waals surface area contributed by atoms with Gasteiger partial charge in [0.1, 0.15) is 0 Å². The number of hydrogen-bond donors (Lipinski definition) is 1. The minimum Gasteiger partial charge on any atom is -0.378 e. The minimum atomic E-state index is 0.414. The molecule has 2 saturated heterocycles. The lowest BCUT2D eigenvalue weighted by Gasteiger charge is -2.44. The summed E-state index contributed by atoms with van der Waals surface area (Å²) >= 11 is 0. The van der Waals surface area contributed by atoms with Gasteiger partial charge in [-0.15, -0.1) is 0 Å². The van der Waals surface area contributed by atoms with Crippen LogP contribution in [0.15, 0.2) is 0 Å². The molecular weight excluding hydrogens is 176 g/mol. The largest absolute Gasteiger partial charge is 0.378 e. The molecule has 3 nitrogen and oxygen atoms in total. The van der Waals surface area contributed by atoms with Crippen molar-refractivity contribution >= 4 is 0 Å². The Morgan fingerprint density at radius 2 is 2.14 bits per heavy atom. The Hall–Kier alpha value is -0.120. The molecule has 2 fully saturated rings. The van der Waals surface area contributed by atoms with Crippen molar-refractivity contribution in [3.8, 4) is 0 Å². The predicted molar refractivity (Wildman–Crippen MR) is 57.4 cm³/mol. The Labute approximate surface area is 86.8 Å². The van der Waals surface area contributed by atoms with Crippen LogP contribution in [0.1, 0.15) is 19.8 Å². The van der Waals surface area contributed by atoms with Crippen molar-refractivity contribution < 1.29 is 4.74 Å². The summed E-state index contributed by atoms with van der Waals surface area (Å²) in [7, 11) is 1.83. The second-order valence-electron chi connectivity index (χ2n) is 4.61. The molecule has 0 spiro atoms. The van der Waals surface area contributed by atoms with Gasteiger partial charge in [0.05, 0.1) is 6.10 Å². The standard InChI is InChI=1S/C11H22N2O/c1-3-4-9-7-13(8-9)10-5-12-6-11(10)14-2/h9-12H,3-8H2,1-2H3/t10?,11-/m0/s1. The first-order valence-corrected chi connectivity index (χ1v) is 5.82. The van der Waals surface area contributed by atoms with Gasteiger partial charge in [-0.25, -0.2) is 0 Å². The summed E-state index contributed by atoms with van der Waals surface area (Å²) in [4.78, 5) is 2.58. The zero-order valence-corrected chi connectivity index (χ0v) is 9.33. The Morgan fingerprint density at radius 3 is 2.79 bits per heavy atom. The van der Waals surface area contributed by atoms with E-state index < -0.39 is 0 Å². The van der Waals surface area contributed by atoms with Gasteiger partial charge in [0.2, 0.25) is 0 Å². The molecule has 1 N–H and O–H groups in total. The van der Waals surface area contributed by atoms with Crippen molar-refractivity contribution in [3.05, 3.63) is 0 Å². The molecule has 2 atom stereocenters. The van der Waals surface area contributed by atoms with E-state index in [1.165, 1.54) is 25.9 Å². The molecule has 0 bridgehead atoms. The number of nitrogens with one attached hydrogen (secondary N) is 1. The zero-order valence-electron chi connectivity index (χ0n) is 9.33. The first kappa shape index (κ1) is 10.4. The van der Waals surface area contributed by atoms with E-state index in [9.17, 15) is 0 Å². The summed E-state index contributed by atoms with van der Waals surface area (Å²) in [6, 6.07) is 0.633. The molecule has 2 aliphatic heterocycles. The van der Waals surface area contributed by atoms with Crippen LogP contribution in [0.2, 0.25) is 0 Å². The number of ether oxygens (including phenoxy) is 1. The van der Waals surface area contributed by atoms with Gasteiger partial charge in [-0.3, -0.25) is 4.90 Å². The number of likely N-dealkylation sites (tertiary alicyclic amines) is 1. The minimum absolute atomic E-state index is 0.414. The van der Waals surface area contributed by atoms with E-state index in [1.807, 2.05) is 7.11 Å². The maximum Gasteiger partial charge on any atom is 0.0862 e. The van der Waals surface area contributed by atoms with Gasteiger partial charge in [-0.1, -0.05) is 13.3 Å². The van der Waals surface area contributed by atoms with Crippen LogP contribution in [-0.2, 0) is 4.74 Å². The lowest BCUT2D eigenvalue weighted by molar-refractivity contribution is -0.0132. The third-order valence-corrected chi connectivity index (χ3v) is 3.58. The summed E-state index contributed by atoms with van der Waals surface area (Å²) in [6.45, 7) is 6.99. The van der Waals surface area contributed by atoms with E-state index >= 15 is 0 Å². The summed E-state index contributed by atoms with van der Waals surface area (Å²) in [5, 5.41) is 3.40. The third-order valence-electron chi connectivity index (χ3n) is 3.58. The van der Waals surface area contributed by atoms with E-state index in [-0.39, 0.29) is 0 Å². The van der Waals surface area contributed by atoms with Gasteiger partial charge >= 0.3 is 0 Å². The molecule has 2 rings (SSSR count). The summed E-state index contributed by atoms with van der Waals surface area (Å²) in [5.41, 5.74) is 0. The Balaban J connectivity index is 1.75. The lowest BCUT2D eigenvalue weighted by Crippen LogP contribution is -2.56. The molecule has 0 aromatic heterocycles. The average Bonchev–Trinajstić information content (AvgIpc) is 2.58. The molecule has 3 heteroatoms. The van der Waals surface area contributed by atoms with E-state index in [1.54, 1.807) is 0 Å². The predicted octanol–water partition coefficient (Wildman–Crippen LogP) is 0.705. The van der Waals surface area contributed by atoms with Gasteiger partial charge in [-0.05, 0) is 12.3 Å². The number of nitrogens with zero attached hydrogens (tertiary/aromatic N) is 1. The highest BCUT2D eigenvalue weighted by Crippen LogP contribution is 2.25. The van der Waals surface area contributed by atoms with Gasteiger partial charge in [0.15, 0.2) is 0 Å². The van der Waals surface area contributed by atoms with E-state index in [4.69, 9.17) is 4.74 Å². The Morgan fingerprint density at radius 1 is 1.36 bits per heavy atom. The molecule has 2 heterocycles. The van der Waals surface area contributed by atoms with Gasteiger partial charge in [-0.2, -0.15) is 0 Å². The van der Waals surface area contributed by atoms with Crippen molar-refractivity contribution in [1.82, 2.24) is 10.2 Å². The SMILES string of the molecule is CCCC1CN(C2CNC[C@@H]2OC)C1. The third kappa shape index (κ3) is 1.95. The molecule has 82 valence electrons. The van der Waals surface area contributed by atoms with Crippen LogP contribution in [0.4, 0.5) is 0 Å². The maximum atomic E-state index is 5.47. The van der Waals surface area contributed by atoms with Crippen LogP contribution < -0.4 is 5.32 Å². The topological polar surface area (TPSA) is 24.5 Å². The first-order chi connectivity index (χ1) is 6.85. The first-order valence-electron chi connectivity index (χ1n) is 5.82. The van der Waals surface area contributed by atoms with E-state index in [0.29, 0.717) is 12.1 Å². The van der Waals surface area contributed by atoms with Crippen LogP contribution in [0, 0.1) is 5.92 Å². The maximum absolute atomic E-state index is 5.47. The molecular formula is C11H22N2O. The van der Waals surface area contributed by atoms with Crippen LogP contribution in [-0.4, -0.2) is 50.3 Å². The van der Waals surface area contributed by atoms with Gasteiger partial charge in [0, 0.05) is 39.3 Å². The van der Waals surface area contributed by atoms with Crippen LogP contribution in [0.5, 0.6) is 0 Å². The normalized spacial score (nSPS) is 34.7. The lowest BCUT2D eigenvalue weighted by atomic mass is 9.92. The Kier molecular flexibility index (Phi) is 3.42. The monoisotopic (exact) mass is 198 g/mol. The summed E-state index contributed by atoms with van der Waals surface area (Å²) in [6.07, 6.45) is 3.14. The fourth-order valence-electron chi connectivity index (χ4n) is 2.72. The fourth-order valence-corrected chi connectivity index (χ4v) is 2.72.